The molecule has 0 saturated heterocycles. The number of aromatic nitrogens is 2. The minimum Gasteiger partial charge on any atom is -0.369 e. The van der Waals surface area contributed by atoms with Gasteiger partial charge in [0.15, 0.2) is 5.69 Å². The van der Waals surface area contributed by atoms with Gasteiger partial charge in [0, 0.05) is 61.1 Å². The third kappa shape index (κ3) is 9.93. The number of benzene rings is 2. The number of anilines is 2. The lowest BCUT2D eigenvalue weighted by Gasteiger charge is -2.22. The van der Waals surface area contributed by atoms with Gasteiger partial charge in [-0.1, -0.05) is 24.3 Å². The van der Waals surface area contributed by atoms with E-state index in [2.05, 4.69) is 40.8 Å². The van der Waals surface area contributed by atoms with E-state index in [4.69, 9.17) is 46.4 Å². The first-order valence-electron chi connectivity index (χ1n) is 12.6. The predicted octanol–water partition coefficient (Wildman–Crippen LogP) is 4.51. The van der Waals surface area contributed by atoms with Crippen LogP contribution in [0.3, 0.4) is 0 Å². The van der Waals surface area contributed by atoms with Crippen LogP contribution in [0.4, 0.5) is 11.4 Å². The van der Waals surface area contributed by atoms with Crippen LogP contribution in [-0.4, -0.2) is 83.9 Å². The minimum absolute atomic E-state index is 0.0500. The summed E-state index contributed by atoms with van der Waals surface area (Å²) in [7, 11) is 0. The van der Waals surface area contributed by atoms with Crippen LogP contribution >= 0.6 is 46.4 Å². The van der Waals surface area contributed by atoms with E-state index < -0.39 is 11.8 Å². The van der Waals surface area contributed by atoms with Crippen LogP contribution in [0.2, 0.25) is 0 Å². The Morgan fingerprint density at radius 3 is 1.54 bits per heavy atom. The SMILES string of the molecule is O=C(N/N=C/c1ccc(N(CCCl)CCCl)cc1)c1nc[nH]c1C(=O)N/N=C/c1ccc(N(CCCl)CCCl)cc1. The largest absolute Gasteiger partial charge is 0.369 e. The van der Waals surface area contributed by atoms with Crippen LogP contribution < -0.4 is 20.7 Å². The number of imidazole rings is 1. The Kier molecular flexibility index (Phi) is 13.7. The molecule has 0 unspecified atom stereocenters. The average molecular weight is 640 g/mol. The van der Waals surface area contributed by atoms with E-state index in [1.165, 1.54) is 18.8 Å². The molecule has 0 fully saturated rings. The molecule has 1 heterocycles. The molecule has 10 nitrogen and oxygen atoms in total. The topological polar surface area (TPSA) is 118 Å². The second kappa shape index (κ2) is 17.5. The van der Waals surface area contributed by atoms with Gasteiger partial charge in [0.2, 0.25) is 0 Å². The summed E-state index contributed by atoms with van der Waals surface area (Å²) in [5.74, 6) is 0.676. The van der Waals surface area contributed by atoms with Crippen molar-refractivity contribution in [3.05, 3.63) is 77.4 Å². The first-order chi connectivity index (χ1) is 20.0. The Bertz CT molecular complexity index is 1190. The third-order valence-electron chi connectivity index (χ3n) is 5.78. The van der Waals surface area contributed by atoms with Gasteiger partial charge in [0.1, 0.15) is 5.69 Å². The van der Waals surface area contributed by atoms with Crippen molar-refractivity contribution in [2.45, 2.75) is 0 Å². The Balaban J connectivity index is 1.55. The van der Waals surface area contributed by atoms with E-state index in [0.29, 0.717) is 49.7 Å². The Labute approximate surface area is 258 Å². The van der Waals surface area contributed by atoms with E-state index in [1.54, 1.807) is 0 Å². The van der Waals surface area contributed by atoms with Gasteiger partial charge in [0.25, 0.3) is 11.8 Å². The van der Waals surface area contributed by atoms with Crippen molar-refractivity contribution < 1.29 is 9.59 Å². The highest BCUT2D eigenvalue weighted by Gasteiger charge is 2.20. The van der Waals surface area contributed by atoms with Crippen LogP contribution in [0.1, 0.15) is 32.1 Å². The van der Waals surface area contributed by atoms with Gasteiger partial charge in [-0.25, -0.2) is 15.8 Å². The lowest BCUT2D eigenvalue weighted by atomic mass is 10.2. The van der Waals surface area contributed by atoms with Gasteiger partial charge < -0.3 is 14.8 Å². The number of nitrogens with one attached hydrogen (secondary N) is 3. The van der Waals surface area contributed by atoms with Crippen LogP contribution in [0.5, 0.6) is 0 Å². The zero-order valence-corrected chi connectivity index (χ0v) is 25.1. The lowest BCUT2D eigenvalue weighted by molar-refractivity contribution is 0.0915. The summed E-state index contributed by atoms with van der Waals surface area (Å²) in [6.45, 7) is 2.72. The molecule has 218 valence electrons. The van der Waals surface area contributed by atoms with Gasteiger partial charge in [-0.05, 0) is 35.4 Å². The smallest absolute Gasteiger partial charge is 0.292 e. The fourth-order valence-electron chi connectivity index (χ4n) is 3.77. The fourth-order valence-corrected chi connectivity index (χ4v) is 4.59. The number of hydrogen-bond donors (Lipinski definition) is 3. The molecule has 14 heteroatoms. The fraction of sp³-hybridized carbons (Fsp3) is 0.296. The predicted molar refractivity (Wildman–Crippen MR) is 169 cm³/mol. The van der Waals surface area contributed by atoms with Crippen molar-refractivity contribution in [1.82, 2.24) is 20.8 Å². The zero-order chi connectivity index (χ0) is 29.5. The molecule has 0 aliphatic carbocycles. The van der Waals surface area contributed by atoms with Gasteiger partial charge in [-0.15, -0.1) is 46.4 Å². The molecule has 0 aliphatic rings. The first kappa shape index (κ1) is 32.2. The summed E-state index contributed by atoms with van der Waals surface area (Å²) in [6, 6.07) is 15.1. The second-order valence-electron chi connectivity index (χ2n) is 8.44. The first-order valence-corrected chi connectivity index (χ1v) is 14.8. The number of carbonyl (C=O) groups excluding carboxylic acids is 2. The highest BCUT2D eigenvalue weighted by atomic mass is 35.5. The molecule has 3 aromatic rings. The molecular formula is C27H30Cl4N8O2. The molecule has 0 spiro atoms. The molecule has 1 aromatic heterocycles. The summed E-state index contributed by atoms with van der Waals surface area (Å²) >= 11 is 23.5. The number of rotatable bonds is 16. The number of hydrogen-bond acceptors (Lipinski definition) is 7. The number of aromatic amines is 1. The summed E-state index contributed by atoms with van der Waals surface area (Å²) < 4.78 is 0. The maximum absolute atomic E-state index is 12.6. The minimum atomic E-state index is -0.655. The molecule has 3 rings (SSSR count). The summed E-state index contributed by atoms with van der Waals surface area (Å²) in [5.41, 5.74) is 8.10. The Hall–Kier alpha value is -3.31. The monoisotopic (exact) mass is 638 g/mol. The summed E-state index contributed by atoms with van der Waals surface area (Å²) in [5, 5.41) is 7.96. The molecule has 41 heavy (non-hydrogen) atoms. The van der Waals surface area contributed by atoms with E-state index >= 15 is 0 Å². The Morgan fingerprint density at radius 1 is 0.707 bits per heavy atom. The van der Waals surface area contributed by atoms with Crippen molar-refractivity contribution in [3.63, 3.8) is 0 Å². The van der Waals surface area contributed by atoms with Crippen LogP contribution in [-0.2, 0) is 0 Å². The maximum atomic E-state index is 12.6. The molecule has 2 aromatic carbocycles. The highest BCUT2D eigenvalue weighted by Crippen LogP contribution is 2.16. The van der Waals surface area contributed by atoms with Gasteiger partial charge in [-0.2, -0.15) is 10.2 Å². The van der Waals surface area contributed by atoms with Crippen LogP contribution in [0.15, 0.2) is 65.1 Å². The van der Waals surface area contributed by atoms with E-state index in [1.807, 2.05) is 48.5 Å². The number of amides is 2. The number of carbonyl (C=O) groups is 2. The van der Waals surface area contributed by atoms with Crippen molar-refractivity contribution in [2.75, 3.05) is 59.5 Å². The van der Waals surface area contributed by atoms with Crippen molar-refractivity contribution in [3.8, 4) is 0 Å². The molecule has 0 radical (unpaired) electrons. The second-order valence-corrected chi connectivity index (χ2v) is 9.95. The quantitative estimate of drug-likeness (QED) is 0.121. The van der Waals surface area contributed by atoms with E-state index in [0.717, 1.165) is 22.5 Å². The van der Waals surface area contributed by atoms with E-state index in [9.17, 15) is 9.59 Å². The molecule has 0 saturated carbocycles. The molecule has 2 amide bonds. The standard InChI is InChI=1S/C27H30Cl4N8O2/c28-9-13-38(14-10-29)22-5-1-20(2-6-22)17-34-36-26(40)24-25(33-19-32-24)27(41)37-35-18-21-3-7-23(8-4-21)39(15-11-30)16-12-31/h1-8,17-19H,9-16H2,(H,32,33)(H,36,40)(H,37,41)/b34-17+,35-18+. The lowest BCUT2D eigenvalue weighted by Crippen LogP contribution is -2.27. The van der Waals surface area contributed by atoms with Crippen molar-refractivity contribution in [2.24, 2.45) is 10.2 Å². The number of nitrogens with zero attached hydrogens (tertiary/aromatic N) is 5. The van der Waals surface area contributed by atoms with E-state index in [-0.39, 0.29) is 11.4 Å². The zero-order valence-electron chi connectivity index (χ0n) is 22.1. The molecule has 3 N–H and O–H groups in total. The number of halogens is 4. The molecular weight excluding hydrogens is 610 g/mol. The van der Waals surface area contributed by atoms with Gasteiger partial charge >= 0.3 is 0 Å². The normalized spacial score (nSPS) is 11.2. The average Bonchev–Trinajstić information content (AvgIpc) is 3.48. The number of H-pyrrole nitrogens is 1. The summed E-state index contributed by atoms with van der Waals surface area (Å²) in [6.07, 6.45) is 4.22. The van der Waals surface area contributed by atoms with Crippen molar-refractivity contribution in [1.29, 1.82) is 0 Å². The Morgan fingerprint density at radius 2 is 1.12 bits per heavy atom. The molecule has 0 atom stereocenters. The van der Waals surface area contributed by atoms with Gasteiger partial charge in [-0.3, -0.25) is 9.59 Å². The maximum Gasteiger partial charge on any atom is 0.292 e. The van der Waals surface area contributed by atoms with Crippen LogP contribution in [0.25, 0.3) is 0 Å². The van der Waals surface area contributed by atoms with Gasteiger partial charge in [0.05, 0.1) is 18.8 Å². The van der Waals surface area contributed by atoms with Crippen molar-refractivity contribution >= 4 is 82.0 Å². The number of alkyl halides is 4. The number of hydrazone groups is 2. The highest BCUT2D eigenvalue weighted by molar-refractivity contribution is 6.19. The molecule has 0 aliphatic heterocycles. The van der Waals surface area contributed by atoms with Crippen LogP contribution in [0, 0.1) is 0 Å². The molecule has 0 bridgehead atoms. The summed E-state index contributed by atoms with van der Waals surface area (Å²) in [4.78, 5) is 36.0. The third-order valence-corrected chi connectivity index (χ3v) is 6.45.